The Hall–Kier alpha value is -1.15. The smallest absolute Gasteiger partial charge is 0.164 e. The summed E-state index contributed by atoms with van der Waals surface area (Å²) in [5.74, 6) is 0.493. The van der Waals surface area contributed by atoms with E-state index in [4.69, 9.17) is 5.73 Å². The molecule has 82 valence electrons. The third-order valence-corrected chi connectivity index (χ3v) is 2.72. The van der Waals surface area contributed by atoms with Crippen LogP contribution < -0.4 is 5.73 Å². The second-order valence-corrected chi connectivity index (χ2v) is 4.35. The highest BCUT2D eigenvalue weighted by Gasteiger charge is 2.15. The lowest BCUT2D eigenvalue weighted by Crippen LogP contribution is -2.29. The predicted octanol–water partition coefficient (Wildman–Crippen LogP) is 2.55. The van der Waals surface area contributed by atoms with Crippen molar-refractivity contribution in [1.82, 2.24) is 0 Å². The van der Waals surface area contributed by atoms with Gasteiger partial charge in [0.1, 0.15) is 0 Å². The van der Waals surface area contributed by atoms with Gasteiger partial charge in [-0.25, -0.2) is 0 Å². The number of benzene rings is 1. The molecule has 15 heavy (non-hydrogen) atoms. The minimum absolute atomic E-state index is 0.0443. The standard InChI is InChI=1S/C13H19NO/c1-9(2)12(14)8-13(15)11-7-5-4-6-10(11)3/h4-7,9,12H,8,14H2,1-3H3. The number of hydrogen-bond donors (Lipinski definition) is 1. The normalized spacial score (nSPS) is 12.9. The van der Waals surface area contributed by atoms with E-state index in [0.717, 1.165) is 11.1 Å². The molecule has 0 saturated heterocycles. The summed E-state index contributed by atoms with van der Waals surface area (Å²) in [7, 11) is 0. The summed E-state index contributed by atoms with van der Waals surface area (Å²) in [6.45, 7) is 6.03. The molecular formula is C13H19NO. The van der Waals surface area contributed by atoms with Crippen LogP contribution in [0.1, 0.15) is 36.2 Å². The van der Waals surface area contributed by atoms with E-state index in [-0.39, 0.29) is 11.8 Å². The first-order chi connectivity index (χ1) is 7.02. The lowest BCUT2D eigenvalue weighted by molar-refractivity contribution is 0.0967. The number of ketones is 1. The van der Waals surface area contributed by atoms with Gasteiger partial charge in [0.2, 0.25) is 0 Å². The summed E-state index contributed by atoms with van der Waals surface area (Å²) < 4.78 is 0. The first-order valence-electron chi connectivity index (χ1n) is 5.36. The third kappa shape index (κ3) is 3.17. The van der Waals surface area contributed by atoms with Gasteiger partial charge in [0, 0.05) is 18.0 Å². The number of aryl methyl sites for hydroxylation is 1. The molecule has 0 aliphatic heterocycles. The molecule has 2 nitrogen and oxygen atoms in total. The summed E-state index contributed by atoms with van der Waals surface area (Å²) in [5, 5.41) is 0. The van der Waals surface area contributed by atoms with E-state index >= 15 is 0 Å². The van der Waals surface area contributed by atoms with Crippen molar-refractivity contribution >= 4 is 5.78 Å². The quantitative estimate of drug-likeness (QED) is 0.768. The Bertz CT molecular complexity index is 344. The summed E-state index contributed by atoms with van der Waals surface area (Å²) in [5.41, 5.74) is 7.71. The molecule has 1 atom stereocenters. The number of nitrogens with two attached hydrogens (primary N) is 1. The molecule has 0 radical (unpaired) electrons. The molecule has 2 heteroatoms. The van der Waals surface area contributed by atoms with E-state index in [9.17, 15) is 4.79 Å². The summed E-state index contributed by atoms with van der Waals surface area (Å²) in [6, 6.07) is 7.60. The highest BCUT2D eigenvalue weighted by atomic mass is 16.1. The van der Waals surface area contributed by atoms with Crippen LogP contribution in [-0.4, -0.2) is 11.8 Å². The maximum Gasteiger partial charge on any atom is 0.164 e. The van der Waals surface area contributed by atoms with Crippen LogP contribution in [0.4, 0.5) is 0 Å². The molecule has 1 unspecified atom stereocenters. The number of hydrogen-bond acceptors (Lipinski definition) is 2. The molecule has 0 amide bonds. The number of Topliss-reactive ketones (excluding diaryl/α,β-unsaturated/α-hetero) is 1. The van der Waals surface area contributed by atoms with Crippen molar-refractivity contribution in [3.63, 3.8) is 0 Å². The Morgan fingerprint density at radius 1 is 1.33 bits per heavy atom. The zero-order chi connectivity index (χ0) is 11.4. The van der Waals surface area contributed by atoms with E-state index in [0.29, 0.717) is 12.3 Å². The summed E-state index contributed by atoms with van der Waals surface area (Å²) >= 11 is 0. The van der Waals surface area contributed by atoms with Gasteiger partial charge in [-0.3, -0.25) is 4.79 Å². The fraction of sp³-hybridized carbons (Fsp3) is 0.462. The van der Waals surface area contributed by atoms with Crippen LogP contribution in [0, 0.1) is 12.8 Å². The molecule has 0 bridgehead atoms. The van der Waals surface area contributed by atoms with Crippen molar-refractivity contribution in [3.8, 4) is 0 Å². The van der Waals surface area contributed by atoms with Gasteiger partial charge < -0.3 is 5.73 Å². The monoisotopic (exact) mass is 205 g/mol. The predicted molar refractivity (Wildman–Crippen MR) is 62.9 cm³/mol. The van der Waals surface area contributed by atoms with E-state index < -0.39 is 0 Å². The highest BCUT2D eigenvalue weighted by molar-refractivity contribution is 5.97. The Balaban J connectivity index is 2.74. The SMILES string of the molecule is Cc1ccccc1C(=O)CC(N)C(C)C. The zero-order valence-corrected chi connectivity index (χ0v) is 9.66. The second kappa shape index (κ2) is 5.08. The van der Waals surface area contributed by atoms with Crippen molar-refractivity contribution < 1.29 is 4.79 Å². The molecule has 1 rings (SSSR count). The van der Waals surface area contributed by atoms with Gasteiger partial charge in [0.25, 0.3) is 0 Å². The number of rotatable bonds is 4. The largest absolute Gasteiger partial charge is 0.327 e. The van der Waals surface area contributed by atoms with Crippen LogP contribution >= 0.6 is 0 Å². The van der Waals surface area contributed by atoms with Crippen LogP contribution in [0.5, 0.6) is 0 Å². The van der Waals surface area contributed by atoms with Gasteiger partial charge >= 0.3 is 0 Å². The molecule has 0 spiro atoms. The lowest BCUT2D eigenvalue weighted by Gasteiger charge is -2.15. The average Bonchev–Trinajstić information content (AvgIpc) is 2.18. The molecule has 0 saturated carbocycles. The molecule has 1 aromatic rings. The average molecular weight is 205 g/mol. The molecule has 0 heterocycles. The van der Waals surface area contributed by atoms with E-state index in [2.05, 4.69) is 0 Å². The van der Waals surface area contributed by atoms with E-state index in [1.807, 2.05) is 45.0 Å². The van der Waals surface area contributed by atoms with Crippen molar-refractivity contribution in [3.05, 3.63) is 35.4 Å². The highest BCUT2D eigenvalue weighted by Crippen LogP contribution is 2.13. The van der Waals surface area contributed by atoms with Crippen LogP contribution in [0.3, 0.4) is 0 Å². The molecule has 0 aliphatic carbocycles. The first kappa shape index (κ1) is 11.9. The van der Waals surface area contributed by atoms with Gasteiger partial charge in [0.15, 0.2) is 5.78 Å². The molecule has 0 fully saturated rings. The first-order valence-corrected chi connectivity index (χ1v) is 5.36. The van der Waals surface area contributed by atoms with Crippen molar-refractivity contribution in [2.24, 2.45) is 11.7 Å². The Labute approximate surface area is 91.5 Å². The fourth-order valence-corrected chi connectivity index (χ4v) is 1.45. The van der Waals surface area contributed by atoms with Crippen molar-refractivity contribution in [2.75, 3.05) is 0 Å². The van der Waals surface area contributed by atoms with Gasteiger partial charge in [0.05, 0.1) is 0 Å². The van der Waals surface area contributed by atoms with Gasteiger partial charge in [-0.2, -0.15) is 0 Å². The number of carbonyl (C=O) groups excluding carboxylic acids is 1. The minimum atomic E-state index is -0.0443. The molecule has 1 aromatic carbocycles. The molecular weight excluding hydrogens is 186 g/mol. The Morgan fingerprint density at radius 2 is 1.93 bits per heavy atom. The molecule has 0 aromatic heterocycles. The second-order valence-electron chi connectivity index (χ2n) is 4.35. The topological polar surface area (TPSA) is 43.1 Å². The van der Waals surface area contributed by atoms with Crippen LogP contribution in [0.25, 0.3) is 0 Å². The van der Waals surface area contributed by atoms with Crippen molar-refractivity contribution in [1.29, 1.82) is 0 Å². The molecule has 0 aliphatic rings. The van der Waals surface area contributed by atoms with Crippen LogP contribution in [0.15, 0.2) is 24.3 Å². The summed E-state index contributed by atoms with van der Waals surface area (Å²) in [6.07, 6.45) is 0.433. The Morgan fingerprint density at radius 3 is 2.47 bits per heavy atom. The maximum atomic E-state index is 11.9. The van der Waals surface area contributed by atoms with E-state index in [1.54, 1.807) is 0 Å². The third-order valence-electron chi connectivity index (χ3n) is 2.72. The summed E-state index contributed by atoms with van der Waals surface area (Å²) in [4.78, 5) is 11.9. The fourth-order valence-electron chi connectivity index (χ4n) is 1.45. The minimum Gasteiger partial charge on any atom is -0.327 e. The van der Waals surface area contributed by atoms with Crippen LogP contribution in [0.2, 0.25) is 0 Å². The number of carbonyl (C=O) groups is 1. The lowest BCUT2D eigenvalue weighted by atomic mass is 9.95. The van der Waals surface area contributed by atoms with Crippen molar-refractivity contribution in [2.45, 2.75) is 33.2 Å². The maximum absolute atomic E-state index is 11.9. The zero-order valence-electron chi connectivity index (χ0n) is 9.66. The molecule has 2 N–H and O–H groups in total. The Kier molecular flexibility index (Phi) is 4.04. The van der Waals surface area contributed by atoms with Gasteiger partial charge in [-0.05, 0) is 18.4 Å². The van der Waals surface area contributed by atoms with Gasteiger partial charge in [-0.1, -0.05) is 38.1 Å². The van der Waals surface area contributed by atoms with Gasteiger partial charge in [-0.15, -0.1) is 0 Å². The van der Waals surface area contributed by atoms with E-state index in [1.165, 1.54) is 0 Å². The van der Waals surface area contributed by atoms with Crippen LogP contribution in [-0.2, 0) is 0 Å².